The zero-order valence-electron chi connectivity index (χ0n) is 16.6. The van der Waals surface area contributed by atoms with Crippen molar-refractivity contribution >= 4 is 0 Å². The minimum Gasteiger partial charge on any atom is -0.378 e. The highest BCUT2D eigenvalue weighted by Crippen LogP contribution is 2.47. The molecule has 3 aliphatic rings. The smallest absolute Gasteiger partial charge is 0.0538 e. The number of ether oxygens (including phenoxy) is 1. The zero-order valence-corrected chi connectivity index (χ0v) is 16.6. The van der Waals surface area contributed by atoms with E-state index in [0.29, 0.717) is 11.5 Å². The van der Waals surface area contributed by atoms with Gasteiger partial charge in [-0.25, -0.2) is 0 Å². The maximum atomic E-state index is 5.92. The molecule has 0 radical (unpaired) electrons. The van der Waals surface area contributed by atoms with Crippen molar-refractivity contribution in [3.63, 3.8) is 0 Å². The lowest BCUT2D eigenvalue weighted by Gasteiger charge is -2.42. The van der Waals surface area contributed by atoms with Gasteiger partial charge >= 0.3 is 0 Å². The van der Waals surface area contributed by atoms with Gasteiger partial charge in [-0.1, -0.05) is 0 Å². The molecule has 0 atom stereocenters. The second-order valence-electron chi connectivity index (χ2n) is 9.44. The van der Waals surface area contributed by atoms with Gasteiger partial charge in [0, 0.05) is 18.0 Å². The second kappa shape index (κ2) is 8.05. The molecule has 3 fully saturated rings. The molecule has 1 aliphatic carbocycles. The average Bonchev–Trinajstić information content (AvgIpc) is 3.34. The topological polar surface area (TPSA) is 15.7 Å². The lowest BCUT2D eigenvalue weighted by molar-refractivity contribution is 0.0218. The van der Waals surface area contributed by atoms with Crippen LogP contribution in [0.5, 0.6) is 0 Å². The highest BCUT2D eigenvalue weighted by Gasteiger charge is 2.45. The van der Waals surface area contributed by atoms with Crippen LogP contribution in [-0.4, -0.2) is 61.3 Å². The Bertz CT molecular complexity index is 375. The molecule has 2 aliphatic heterocycles. The lowest BCUT2D eigenvalue weighted by Crippen LogP contribution is -2.44. The van der Waals surface area contributed by atoms with E-state index in [1.165, 1.54) is 71.2 Å². The molecule has 3 rings (SSSR count). The van der Waals surface area contributed by atoms with Crippen molar-refractivity contribution in [1.29, 1.82) is 0 Å². The number of rotatable bonds is 7. The third-order valence-corrected chi connectivity index (χ3v) is 6.84. The predicted molar refractivity (Wildman–Crippen MR) is 101 cm³/mol. The molecule has 0 spiro atoms. The number of nitrogens with zero attached hydrogens (tertiary/aromatic N) is 2. The Kier molecular flexibility index (Phi) is 6.26. The first-order valence-electron chi connectivity index (χ1n) is 10.6. The van der Waals surface area contributed by atoms with Crippen molar-refractivity contribution < 1.29 is 4.74 Å². The van der Waals surface area contributed by atoms with Crippen LogP contribution < -0.4 is 0 Å². The fourth-order valence-corrected chi connectivity index (χ4v) is 4.83. The first-order valence-corrected chi connectivity index (χ1v) is 10.6. The minimum atomic E-state index is 0.380. The molecule has 2 saturated heterocycles. The monoisotopic (exact) mass is 336 g/mol. The number of hydrogen-bond donors (Lipinski definition) is 0. The molecule has 0 aromatic rings. The fraction of sp³-hybridized carbons (Fsp3) is 1.00. The van der Waals surface area contributed by atoms with E-state index in [4.69, 9.17) is 4.74 Å². The summed E-state index contributed by atoms with van der Waals surface area (Å²) in [6.45, 7) is 16.6. The van der Waals surface area contributed by atoms with Crippen LogP contribution >= 0.6 is 0 Å². The molecule has 3 heteroatoms. The fourth-order valence-electron chi connectivity index (χ4n) is 4.83. The van der Waals surface area contributed by atoms with Gasteiger partial charge in [0.15, 0.2) is 0 Å². The maximum Gasteiger partial charge on any atom is 0.0538 e. The summed E-state index contributed by atoms with van der Waals surface area (Å²) in [6, 6.07) is 0.732. The van der Waals surface area contributed by atoms with Crippen LogP contribution in [0.25, 0.3) is 0 Å². The van der Waals surface area contributed by atoms with E-state index in [-0.39, 0.29) is 0 Å². The van der Waals surface area contributed by atoms with Crippen molar-refractivity contribution in [2.45, 2.75) is 78.4 Å². The Labute approximate surface area is 150 Å². The van der Waals surface area contributed by atoms with E-state index in [0.717, 1.165) is 24.5 Å². The van der Waals surface area contributed by atoms with Gasteiger partial charge < -0.3 is 14.5 Å². The van der Waals surface area contributed by atoms with Crippen molar-refractivity contribution in [1.82, 2.24) is 9.80 Å². The Morgan fingerprint density at radius 2 is 1.42 bits per heavy atom. The van der Waals surface area contributed by atoms with Crippen molar-refractivity contribution in [2.75, 3.05) is 39.3 Å². The van der Waals surface area contributed by atoms with Crippen molar-refractivity contribution in [2.24, 2.45) is 17.3 Å². The molecule has 0 bridgehead atoms. The van der Waals surface area contributed by atoms with Gasteiger partial charge in [0.05, 0.1) is 12.7 Å². The Balaban J connectivity index is 1.37. The Morgan fingerprint density at radius 1 is 0.875 bits per heavy atom. The molecular weight excluding hydrogens is 296 g/mol. The van der Waals surface area contributed by atoms with E-state index in [1.54, 1.807) is 0 Å². The van der Waals surface area contributed by atoms with Crippen LogP contribution in [0.2, 0.25) is 0 Å². The van der Waals surface area contributed by atoms with Gasteiger partial charge in [0.1, 0.15) is 0 Å². The first-order chi connectivity index (χ1) is 11.5. The first kappa shape index (κ1) is 18.7. The Morgan fingerprint density at radius 3 is 1.88 bits per heavy atom. The van der Waals surface area contributed by atoms with Crippen LogP contribution in [0.1, 0.15) is 66.2 Å². The molecule has 140 valence electrons. The summed E-state index contributed by atoms with van der Waals surface area (Å²) < 4.78 is 5.92. The van der Waals surface area contributed by atoms with Gasteiger partial charge in [0.2, 0.25) is 0 Å². The van der Waals surface area contributed by atoms with Gasteiger partial charge in [-0.3, -0.25) is 0 Å². The quantitative estimate of drug-likeness (QED) is 0.698. The highest BCUT2D eigenvalue weighted by molar-refractivity contribution is 4.96. The minimum absolute atomic E-state index is 0.380. The molecule has 0 aromatic carbocycles. The molecule has 3 nitrogen and oxygen atoms in total. The van der Waals surface area contributed by atoms with Crippen LogP contribution in [0.3, 0.4) is 0 Å². The van der Waals surface area contributed by atoms with Gasteiger partial charge in [0.25, 0.3) is 0 Å². The molecule has 0 N–H and O–H groups in total. The van der Waals surface area contributed by atoms with Gasteiger partial charge in [-0.15, -0.1) is 0 Å². The summed E-state index contributed by atoms with van der Waals surface area (Å²) in [5, 5.41) is 0. The highest BCUT2D eigenvalue weighted by atomic mass is 16.5. The standard InChI is InChI=1S/C21H40N2O/c1-17(2)23-13-7-20(8-14-23)19-5-11-22(12-6-19)15-21(9-10-21)16-24-18(3)4/h17-20H,5-16H2,1-4H3. The molecule has 0 unspecified atom stereocenters. The molecule has 0 aromatic heterocycles. The van der Waals surface area contributed by atoms with Gasteiger partial charge in [-0.2, -0.15) is 0 Å². The molecule has 24 heavy (non-hydrogen) atoms. The summed E-state index contributed by atoms with van der Waals surface area (Å²) in [6.07, 6.45) is 8.90. The normalized spacial score (nSPS) is 27.2. The molecular formula is C21H40N2O. The number of hydrogen-bond acceptors (Lipinski definition) is 3. The molecule has 1 saturated carbocycles. The van der Waals surface area contributed by atoms with Crippen molar-refractivity contribution in [3.05, 3.63) is 0 Å². The largest absolute Gasteiger partial charge is 0.378 e. The number of likely N-dealkylation sites (tertiary alicyclic amines) is 2. The number of piperidine rings is 2. The van der Waals surface area contributed by atoms with E-state index in [9.17, 15) is 0 Å². The molecule has 0 amide bonds. The maximum absolute atomic E-state index is 5.92. The van der Waals surface area contributed by atoms with E-state index in [1.807, 2.05) is 0 Å². The zero-order chi connectivity index (χ0) is 17.2. The summed E-state index contributed by atoms with van der Waals surface area (Å²) in [4.78, 5) is 5.41. The van der Waals surface area contributed by atoms with Crippen LogP contribution in [-0.2, 0) is 4.74 Å². The third kappa shape index (κ3) is 4.95. The summed E-state index contributed by atoms with van der Waals surface area (Å²) >= 11 is 0. The molecule has 2 heterocycles. The average molecular weight is 337 g/mol. The van der Waals surface area contributed by atoms with E-state index in [2.05, 4.69) is 37.5 Å². The lowest BCUT2D eigenvalue weighted by atomic mass is 9.78. The van der Waals surface area contributed by atoms with E-state index >= 15 is 0 Å². The summed E-state index contributed by atoms with van der Waals surface area (Å²) in [5.41, 5.74) is 0.514. The van der Waals surface area contributed by atoms with Gasteiger partial charge in [-0.05, 0) is 104 Å². The van der Waals surface area contributed by atoms with Crippen molar-refractivity contribution in [3.8, 4) is 0 Å². The predicted octanol–water partition coefficient (Wildman–Crippen LogP) is 4.02. The summed E-state index contributed by atoms with van der Waals surface area (Å²) in [5.74, 6) is 2.00. The summed E-state index contributed by atoms with van der Waals surface area (Å²) in [7, 11) is 0. The van der Waals surface area contributed by atoms with Crippen LogP contribution in [0.4, 0.5) is 0 Å². The van der Waals surface area contributed by atoms with Crippen LogP contribution in [0.15, 0.2) is 0 Å². The third-order valence-electron chi connectivity index (χ3n) is 6.84. The second-order valence-corrected chi connectivity index (χ2v) is 9.44. The SMILES string of the molecule is CC(C)OCC1(CN2CCC(C3CCN(C(C)C)CC3)CC2)CC1. The van der Waals surface area contributed by atoms with Crippen LogP contribution in [0, 0.1) is 17.3 Å². The Hall–Kier alpha value is -0.120. The van der Waals surface area contributed by atoms with E-state index < -0.39 is 0 Å².